The molecule has 1 aromatic heterocycles. The number of nitrogens with one attached hydrogen (secondary N) is 2. The molecule has 3 aromatic rings. The molecule has 2 N–H and O–H groups in total. The van der Waals surface area contributed by atoms with Gasteiger partial charge in [0.1, 0.15) is 0 Å². The van der Waals surface area contributed by atoms with Gasteiger partial charge in [-0.1, -0.05) is 42.5 Å². The highest BCUT2D eigenvalue weighted by Crippen LogP contribution is 2.25. The van der Waals surface area contributed by atoms with Gasteiger partial charge in [0, 0.05) is 25.0 Å². The fraction of sp³-hybridized carbons (Fsp3) is 0.333. The van der Waals surface area contributed by atoms with Crippen LogP contribution in [0.25, 0.3) is 10.8 Å². The molecule has 1 aliphatic heterocycles. The van der Waals surface area contributed by atoms with Crippen LogP contribution in [0.1, 0.15) is 36.9 Å². The van der Waals surface area contributed by atoms with Crippen LogP contribution in [0.4, 0.5) is 4.79 Å². The van der Waals surface area contributed by atoms with E-state index in [-0.39, 0.29) is 18.1 Å². The number of hydrogen-bond donors (Lipinski definition) is 2. The Morgan fingerprint density at radius 2 is 1.83 bits per heavy atom. The minimum Gasteiger partial charge on any atom is -0.331 e. The summed E-state index contributed by atoms with van der Waals surface area (Å²) in [7, 11) is 0. The van der Waals surface area contributed by atoms with Crippen molar-refractivity contribution in [3.05, 3.63) is 78.1 Å². The van der Waals surface area contributed by atoms with Crippen molar-refractivity contribution in [1.82, 2.24) is 20.5 Å². The van der Waals surface area contributed by atoms with Crippen molar-refractivity contribution in [2.45, 2.75) is 38.4 Å². The third-order valence-corrected chi connectivity index (χ3v) is 5.74. The molecule has 0 bridgehead atoms. The summed E-state index contributed by atoms with van der Waals surface area (Å²) in [4.78, 5) is 19.4. The number of nitrogens with zero attached hydrogens (tertiary/aromatic N) is 2. The summed E-state index contributed by atoms with van der Waals surface area (Å²) in [5.74, 6) is 0. The number of rotatable bonds is 5. The highest BCUT2D eigenvalue weighted by Gasteiger charge is 2.26. The quantitative estimate of drug-likeness (QED) is 0.687. The fourth-order valence-corrected chi connectivity index (χ4v) is 4.14. The molecule has 0 saturated carbocycles. The van der Waals surface area contributed by atoms with Gasteiger partial charge in [-0.2, -0.15) is 0 Å². The lowest BCUT2D eigenvalue weighted by molar-refractivity contribution is 0.152. The molecular weight excluding hydrogens is 360 g/mol. The number of amides is 2. The van der Waals surface area contributed by atoms with E-state index < -0.39 is 0 Å². The molecule has 0 spiro atoms. The van der Waals surface area contributed by atoms with E-state index in [0.29, 0.717) is 6.54 Å². The summed E-state index contributed by atoms with van der Waals surface area (Å²) in [5.41, 5.74) is 2.25. The van der Waals surface area contributed by atoms with Gasteiger partial charge >= 0.3 is 6.03 Å². The second-order valence-corrected chi connectivity index (χ2v) is 7.70. The molecule has 0 aliphatic carbocycles. The Morgan fingerprint density at radius 3 is 2.62 bits per heavy atom. The summed E-state index contributed by atoms with van der Waals surface area (Å²) in [6.07, 6.45) is 5.52. The van der Waals surface area contributed by atoms with Crippen LogP contribution in [0.3, 0.4) is 0 Å². The molecule has 1 fully saturated rings. The zero-order valence-corrected chi connectivity index (χ0v) is 16.8. The van der Waals surface area contributed by atoms with Gasteiger partial charge in [0.25, 0.3) is 0 Å². The van der Waals surface area contributed by atoms with E-state index in [1.165, 1.54) is 10.8 Å². The molecule has 1 unspecified atom stereocenters. The van der Waals surface area contributed by atoms with Crippen molar-refractivity contribution in [1.29, 1.82) is 0 Å². The number of carbonyl (C=O) groups is 1. The number of urea groups is 1. The van der Waals surface area contributed by atoms with Gasteiger partial charge in [0.05, 0.1) is 6.04 Å². The average molecular weight is 389 g/mol. The molecule has 5 nitrogen and oxygen atoms in total. The first-order valence-corrected chi connectivity index (χ1v) is 10.4. The van der Waals surface area contributed by atoms with Gasteiger partial charge in [0.15, 0.2) is 0 Å². The molecule has 2 amide bonds. The minimum absolute atomic E-state index is 0.00542. The van der Waals surface area contributed by atoms with Gasteiger partial charge in [-0.25, -0.2) is 4.79 Å². The third-order valence-electron chi connectivity index (χ3n) is 5.74. The van der Waals surface area contributed by atoms with Crippen LogP contribution in [0.5, 0.6) is 0 Å². The predicted molar refractivity (Wildman–Crippen MR) is 117 cm³/mol. The maximum absolute atomic E-state index is 13.3. The van der Waals surface area contributed by atoms with Crippen molar-refractivity contribution in [2.24, 2.45) is 0 Å². The van der Waals surface area contributed by atoms with Crippen molar-refractivity contribution in [3.8, 4) is 0 Å². The largest absolute Gasteiger partial charge is 0.331 e. The van der Waals surface area contributed by atoms with Crippen molar-refractivity contribution in [2.75, 3.05) is 13.1 Å². The highest BCUT2D eigenvalue weighted by atomic mass is 16.2. The number of piperidine rings is 1. The molecule has 1 aliphatic rings. The van der Waals surface area contributed by atoms with Gasteiger partial charge in [0.2, 0.25) is 0 Å². The summed E-state index contributed by atoms with van der Waals surface area (Å²) in [6.45, 7) is 4.56. The number of fused-ring (bicyclic) bond motifs is 1. The third kappa shape index (κ3) is 4.57. The Morgan fingerprint density at radius 1 is 1.10 bits per heavy atom. The smallest absolute Gasteiger partial charge is 0.318 e. The maximum atomic E-state index is 13.3. The van der Waals surface area contributed by atoms with E-state index in [1.807, 2.05) is 29.2 Å². The molecule has 29 heavy (non-hydrogen) atoms. The van der Waals surface area contributed by atoms with E-state index in [0.717, 1.165) is 37.1 Å². The van der Waals surface area contributed by atoms with Crippen LogP contribution in [-0.2, 0) is 6.54 Å². The molecule has 4 rings (SSSR count). The monoisotopic (exact) mass is 388 g/mol. The first-order chi connectivity index (χ1) is 14.2. The second kappa shape index (κ2) is 9.05. The van der Waals surface area contributed by atoms with E-state index >= 15 is 0 Å². The SMILES string of the molecule is CC(NC(=O)N(Cc1ccncc1)C1CCNCC1)c1cccc2ccccc12. The molecule has 150 valence electrons. The molecule has 2 heterocycles. The zero-order valence-electron chi connectivity index (χ0n) is 16.8. The van der Waals surface area contributed by atoms with Gasteiger partial charge < -0.3 is 15.5 Å². The summed E-state index contributed by atoms with van der Waals surface area (Å²) in [5, 5.41) is 9.03. The molecule has 1 atom stereocenters. The minimum atomic E-state index is -0.0738. The molecule has 2 aromatic carbocycles. The van der Waals surface area contributed by atoms with Crippen LogP contribution in [-0.4, -0.2) is 35.0 Å². The summed E-state index contributed by atoms with van der Waals surface area (Å²) in [6, 6.07) is 18.7. The Labute approximate surface area is 172 Å². The first kappa shape index (κ1) is 19.4. The predicted octanol–water partition coefficient (Wildman–Crippen LogP) is 4.26. The van der Waals surface area contributed by atoms with Crippen molar-refractivity contribution >= 4 is 16.8 Å². The van der Waals surface area contributed by atoms with Gasteiger partial charge in [-0.05, 0) is 66.9 Å². The molecule has 0 radical (unpaired) electrons. The number of hydrogen-bond acceptors (Lipinski definition) is 3. The van der Waals surface area contributed by atoms with Crippen molar-refractivity contribution in [3.63, 3.8) is 0 Å². The topological polar surface area (TPSA) is 57.3 Å². The first-order valence-electron chi connectivity index (χ1n) is 10.4. The average Bonchev–Trinajstić information content (AvgIpc) is 2.78. The number of carbonyl (C=O) groups excluding carboxylic acids is 1. The van der Waals surface area contributed by atoms with Gasteiger partial charge in [-0.15, -0.1) is 0 Å². The molecular formula is C24H28N4O. The van der Waals surface area contributed by atoms with Crippen LogP contribution in [0, 0.1) is 0 Å². The van der Waals surface area contributed by atoms with E-state index in [1.54, 1.807) is 12.4 Å². The van der Waals surface area contributed by atoms with Crippen LogP contribution in [0.15, 0.2) is 67.0 Å². The second-order valence-electron chi connectivity index (χ2n) is 7.70. The Kier molecular flexibility index (Phi) is 6.06. The zero-order chi connectivity index (χ0) is 20.1. The Hall–Kier alpha value is -2.92. The summed E-state index contributed by atoms with van der Waals surface area (Å²) >= 11 is 0. The molecule has 1 saturated heterocycles. The van der Waals surface area contributed by atoms with E-state index in [4.69, 9.17) is 0 Å². The lowest BCUT2D eigenvalue weighted by Crippen LogP contribution is -2.50. The van der Waals surface area contributed by atoms with Crippen LogP contribution < -0.4 is 10.6 Å². The number of aromatic nitrogens is 1. The molecule has 5 heteroatoms. The number of benzene rings is 2. The van der Waals surface area contributed by atoms with Crippen molar-refractivity contribution < 1.29 is 4.79 Å². The summed E-state index contributed by atoms with van der Waals surface area (Å²) < 4.78 is 0. The highest BCUT2D eigenvalue weighted by molar-refractivity contribution is 5.86. The standard InChI is InChI=1S/C24H28N4O/c1-18(22-8-4-6-20-5-2-3-7-23(20)22)27-24(29)28(21-11-15-26-16-12-21)17-19-9-13-25-14-10-19/h2-10,13-14,18,21,26H,11-12,15-17H2,1H3,(H,27,29). The lowest BCUT2D eigenvalue weighted by atomic mass is 9.99. The normalized spacial score (nSPS) is 15.8. The fourth-order valence-electron chi connectivity index (χ4n) is 4.14. The van der Waals surface area contributed by atoms with Crippen LogP contribution >= 0.6 is 0 Å². The van der Waals surface area contributed by atoms with Crippen LogP contribution in [0.2, 0.25) is 0 Å². The number of pyridine rings is 1. The Balaban J connectivity index is 1.55. The Bertz CT molecular complexity index is 948. The van der Waals surface area contributed by atoms with E-state index in [2.05, 4.69) is 52.9 Å². The van der Waals surface area contributed by atoms with E-state index in [9.17, 15) is 4.79 Å². The maximum Gasteiger partial charge on any atom is 0.318 e. The lowest BCUT2D eigenvalue weighted by Gasteiger charge is -2.35. The van der Waals surface area contributed by atoms with Gasteiger partial charge in [-0.3, -0.25) is 4.98 Å².